The predicted molar refractivity (Wildman–Crippen MR) is 72.2 cm³/mol. The summed E-state index contributed by atoms with van der Waals surface area (Å²) in [4.78, 5) is 7.65. The highest BCUT2D eigenvalue weighted by molar-refractivity contribution is 5.66. The molecule has 2 nitrogen and oxygen atoms in total. The number of nitrogens with zero attached hydrogens (tertiary/aromatic N) is 1. The Bertz CT molecular complexity index is 455. The quantitative estimate of drug-likeness (QED) is 0.832. The molecular weight excluding hydrogens is 208 g/mol. The van der Waals surface area contributed by atoms with Gasteiger partial charge in [-0.05, 0) is 23.0 Å². The number of nitrogens with one attached hydrogen (secondary N) is 1. The van der Waals surface area contributed by atoms with Crippen molar-refractivity contribution in [1.29, 1.82) is 0 Å². The second-order valence-electron chi connectivity index (χ2n) is 5.06. The first-order valence-corrected chi connectivity index (χ1v) is 6.23. The second-order valence-corrected chi connectivity index (χ2v) is 5.06. The van der Waals surface area contributed by atoms with Crippen LogP contribution in [0.2, 0.25) is 0 Å². The van der Waals surface area contributed by atoms with Gasteiger partial charge in [0, 0.05) is 18.0 Å². The van der Waals surface area contributed by atoms with E-state index in [9.17, 15) is 0 Å². The predicted octanol–water partition coefficient (Wildman–Crippen LogP) is 4.32. The maximum absolute atomic E-state index is 4.42. The third-order valence-corrected chi connectivity index (χ3v) is 3.11. The van der Waals surface area contributed by atoms with E-state index in [1.165, 1.54) is 16.7 Å². The Kier molecular flexibility index (Phi) is 3.32. The van der Waals surface area contributed by atoms with Crippen molar-refractivity contribution in [2.24, 2.45) is 0 Å². The molecule has 0 aliphatic rings. The fourth-order valence-corrected chi connectivity index (χ4v) is 2.23. The Morgan fingerprint density at radius 3 is 2.00 bits per heavy atom. The minimum atomic E-state index is 0.508. The molecule has 0 saturated heterocycles. The van der Waals surface area contributed by atoms with Crippen molar-refractivity contribution < 1.29 is 0 Å². The molecule has 90 valence electrons. The normalized spacial score (nSPS) is 11.4. The van der Waals surface area contributed by atoms with E-state index in [4.69, 9.17) is 0 Å². The van der Waals surface area contributed by atoms with E-state index in [2.05, 4.69) is 55.9 Å². The maximum atomic E-state index is 4.42. The van der Waals surface area contributed by atoms with Crippen LogP contribution < -0.4 is 0 Å². The molecule has 0 spiro atoms. The van der Waals surface area contributed by atoms with Crippen LogP contribution in [0.25, 0.3) is 11.4 Å². The fourth-order valence-electron chi connectivity index (χ4n) is 2.23. The van der Waals surface area contributed by atoms with Crippen molar-refractivity contribution in [1.82, 2.24) is 9.97 Å². The van der Waals surface area contributed by atoms with Gasteiger partial charge in [-0.3, -0.25) is 0 Å². The van der Waals surface area contributed by atoms with Gasteiger partial charge >= 0.3 is 0 Å². The molecule has 17 heavy (non-hydrogen) atoms. The summed E-state index contributed by atoms with van der Waals surface area (Å²) < 4.78 is 0. The highest BCUT2D eigenvalue weighted by Crippen LogP contribution is 2.33. The summed E-state index contributed by atoms with van der Waals surface area (Å²) in [6, 6.07) is 6.56. The van der Waals surface area contributed by atoms with Gasteiger partial charge in [0.25, 0.3) is 0 Å². The van der Waals surface area contributed by atoms with Gasteiger partial charge in [0.05, 0.1) is 0 Å². The largest absolute Gasteiger partial charge is 0.345 e. The van der Waals surface area contributed by atoms with Crippen LogP contribution in [0.4, 0.5) is 0 Å². The molecule has 0 unspecified atom stereocenters. The first kappa shape index (κ1) is 11.9. The van der Waals surface area contributed by atoms with Crippen molar-refractivity contribution in [3.05, 3.63) is 41.7 Å². The lowest BCUT2D eigenvalue weighted by Crippen LogP contribution is -2.00. The van der Waals surface area contributed by atoms with Gasteiger partial charge in [0.2, 0.25) is 0 Å². The Morgan fingerprint density at radius 2 is 1.59 bits per heavy atom. The monoisotopic (exact) mass is 228 g/mol. The number of aromatic nitrogens is 2. The van der Waals surface area contributed by atoms with Crippen LogP contribution in [-0.2, 0) is 0 Å². The van der Waals surface area contributed by atoms with E-state index < -0.39 is 0 Å². The number of imidazole rings is 1. The molecule has 2 aromatic rings. The van der Waals surface area contributed by atoms with Crippen LogP contribution in [0.3, 0.4) is 0 Å². The summed E-state index contributed by atoms with van der Waals surface area (Å²) in [6.07, 6.45) is 3.70. The molecule has 1 heterocycles. The molecule has 1 N–H and O–H groups in total. The molecule has 0 fully saturated rings. The number of aromatic amines is 1. The number of hydrogen-bond donors (Lipinski definition) is 1. The SMILES string of the molecule is CC(C)c1cccc(C(C)C)c1-c1ncc[nH]1. The summed E-state index contributed by atoms with van der Waals surface area (Å²) >= 11 is 0. The zero-order chi connectivity index (χ0) is 12.4. The van der Waals surface area contributed by atoms with Crippen LogP contribution in [-0.4, -0.2) is 9.97 Å². The summed E-state index contributed by atoms with van der Waals surface area (Å²) in [6.45, 7) is 8.91. The standard InChI is InChI=1S/C15H20N2/c1-10(2)12-6-5-7-13(11(3)4)14(12)15-16-8-9-17-15/h5-11H,1-4H3,(H,16,17). The van der Waals surface area contributed by atoms with E-state index >= 15 is 0 Å². The Balaban J connectivity index is 2.67. The molecule has 0 radical (unpaired) electrons. The summed E-state index contributed by atoms with van der Waals surface area (Å²) in [5, 5.41) is 0. The minimum Gasteiger partial charge on any atom is -0.345 e. The van der Waals surface area contributed by atoms with Gasteiger partial charge in [-0.15, -0.1) is 0 Å². The third-order valence-electron chi connectivity index (χ3n) is 3.11. The molecule has 0 aliphatic carbocycles. The molecule has 0 saturated carbocycles. The Labute approximate surface area is 103 Å². The Morgan fingerprint density at radius 1 is 1.00 bits per heavy atom. The lowest BCUT2D eigenvalue weighted by molar-refractivity contribution is 0.835. The third kappa shape index (κ3) is 2.26. The van der Waals surface area contributed by atoms with Gasteiger partial charge in [0.1, 0.15) is 5.82 Å². The highest BCUT2D eigenvalue weighted by atomic mass is 14.9. The van der Waals surface area contributed by atoms with E-state index in [1.54, 1.807) is 0 Å². The molecule has 1 aromatic carbocycles. The number of hydrogen-bond acceptors (Lipinski definition) is 1. The molecule has 2 rings (SSSR count). The van der Waals surface area contributed by atoms with Crippen molar-refractivity contribution in [2.75, 3.05) is 0 Å². The van der Waals surface area contributed by atoms with Crippen molar-refractivity contribution in [3.63, 3.8) is 0 Å². The van der Waals surface area contributed by atoms with Crippen LogP contribution in [0, 0.1) is 0 Å². The summed E-state index contributed by atoms with van der Waals surface area (Å²) in [5.41, 5.74) is 4.01. The Hall–Kier alpha value is -1.57. The number of rotatable bonds is 3. The van der Waals surface area contributed by atoms with Gasteiger partial charge in [-0.25, -0.2) is 4.98 Å². The molecule has 0 bridgehead atoms. The average molecular weight is 228 g/mol. The minimum absolute atomic E-state index is 0.508. The lowest BCUT2D eigenvalue weighted by Gasteiger charge is -2.17. The van der Waals surface area contributed by atoms with Crippen molar-refractivity contribution in [3.8, 4) is 11.4 Å². The maximum Gasteiger partial charge on any atom is 0.137 e. The van der Waals surface area contributed by atoms with E-state index in [0.29, 0.717) is 11.8 Å². The first-order chi connectivity index (χ1) is 8.11. The smallest absolute Gasteiger partial charge is 0.137 e. The molecule has 2 heteroatoms. The zero-order valence-electron chi connectivity index (χ0n) is 11.0. The van der Waals surface area contributed by atoms with E-state index in [1.807, 2.05) is 12.4 Å². The van der Waals surface area contributed by atoms with E-state index in [-0.39, 0.29) is 0 Å². The van der Waals surface area contributed by atoms with Crippen molar-refractivity contribution >= 4 is 0 Å². The van der Waals surface area contributed by atoms with Crippen LogP contribution in [0.1, 0.15) is 50.7 Å². The van der Waals surface area contributed by atoms with Crippen molar-refractivity contribution in [2.45, 2.75) is 39.5 Å². The van der Waals surface area contributed by atoms with Crippen LogP contribution in [0.15, 0.2) is 30.6 Å². The number of benzene rings is 1. The average Bonchev–Trinajstić information content (AvgIpc) is 2.80. The first-order valence-electron chi connectivity index (χ1n) is 6.23. The van der Waals surface area contributed by atoms with E-state index in [0.717, 1.165) is 5.82 Å². The summed E-state index contributed by atoms with van der Waals surface area (Å²) in [7, 11) is 0. The van der Waals surface area contributed by atoms with Crippen LogP contribution in [0.5, 0.6) is 0 Å². The second kappa shape index (κ2) is 4.74. The topological polar surface area (TPSA) is 28.7 Å². The molecule has 0 amide bonds. The van der Waals surface area contributed by atoms with Gasteiger partial charge in [0.15, 0.2) is 0 Å². The molecule has 0 atom stereocenters. The van der Waals surface area contributed by atoms with Gasteiger partial charge in [-0.1, -0.05) is 45.9 Å². The summed E-state index contributed by atoms with van der Waals surface area (Å²) in [5.74, 6) is 2.00. The molecule has 0 aliphatic heterocycles. The highest BCUT2D eigenvalue weighted by Gasteiger charge is 2.16. The fraction of sp³-hybridized carbons (Fsp3) is 0.400. The lowest BCUT2D eigenvalue weighted by atomic mass is 9.88. The van der Waals surface area contributed by atoms with Crippen LogP contribution >= 0.6 is 0 Å². The zero-order valence-corrected chi connectivity index (χ0v) is 11.0. The molecular formula is C15H20N2. The van der Waals surface area contributed by atoms with Gasteiger partial charge in [-0.2, -0.15) is 0 Å². The number of H-pyrrole nitrogens is 1. The van der Waals surface area contributed by atoms with Gasteiger partial charge < -0.3 is 4.98 Å². The molecule has 1 aromatic heterocycles.